The molecule has 11 heteroatoms. The van der Waals surface area contributed by atoms with Crippen molar-refractivity contribution in [2.75, 3.05) is 38.1 Å². The molecule has 1 atom stereocenters. The maximum absolute atomic E-state index is 13.5. The summed E-state index contributed by atoms with van der Waals surface area (Å²) in [5, 5.41) is 7.44. The molecule has 0 spiro atoms. The molecular weight excluding hydrogens is 560 g/mol. The number of alkyl carbamates (subject to hydrolysis) is 1. The second kappa shape index (κ2) is 14.9. The molecule has 236 valence electrons. The summed E-state index contributed by atoms with van der Waals surface area (Å²) in [7, 11) is 0. The molecular formula is C33H44N6O5. The minimum Gasteiger partial charge on any atom is -0.444 e. The average molecular weight is 605 g/mol. The van der Waals surface area contributed by atoms with Gasteiger partial charge in [0.2, 0.25) is 0 Å². The number of carbonyl (C=O) groups excluding carboxylic acids is 3. The first-order valence-corrected chi connectivity index (χ1v) is 15.2. The lowest BCUT2D eigenvalue weighted by Gasteiger charge is -2.34. The van der Waals surface area contributed by atoms with Crippen molar-refractivity contribution in [3.63, 3.8) is 0 Å². The molecule has 0 radical (unpaired) electrons. The van der Waals surface area contributed by atoms with Crippen LogP contribution < -0.4 is 16.4 Å². The number of aliphatic imine (C=N–C) groups is 1. The smallest absolute Gasteiger partial charge is 0.407 e. The fourth-order valence-electron chi connectivity index (χ4n) is 5.10. The van der Waals surface area contributed by atoms with Gasteiger partial charge in [-0.1, -0.05) is 31.2 Å². The Labute approximate surface area is 259 Å². The number of amidine groups is 1. The number of fused-ring (bicyclic) bond motifs is 1. The Kier molecular flexibility index (Phi) is 11.0. The lowest BCUT2D eigenvalue weighted by Crippen LogP contribution is -2.45. The molecule has 11 nitrogen and oxygen atoms in total. The molecule has 0 aliphatic carbocycles. The molecule has 2 aliphatic heterocycles. The summed E-state index contributed by atoms with van der Waals surface area (Å²) in [5.41, 5.74) is 8.86. The van der Waals surface area contributed by atoms with Gasteiger partial charge in [0, 0.05) is 61.0 Å². The molecule has 2 aromatic carbocycles. The van der Waals surface area contributed by atoms with Gasteiger partial charge in [-0.05, 0) is 70.4 Å². The third-order valence-corrected chi connectivity index (χ3v) is 7.04. The van der Waals surface area contributed by atoms with Gasteiger partial charge in [0.25, 0.3) is 11.8 Å². The van der Waals surface area contributed by atoms with Crippen LogP contribution in [-0.4, -0.2) is 78.1 Å². The predicted octanol–water partition coefficient (Wildman–Crippen LogP) is 4.87. The molecule has 2 aromatic rings. The fourth-order valence-corrected chi connectivity index (χ4v) is 5.10. The lowest BCUT2D eigenvalue weighted by molar-refractivity contribution is -0.181. The van der Waals surface area contributed by atoms with Crippen LogP contribution in [0.25, 0.3) is 6.08 Å². The maximum Gasteiger partial charge on any atom is 0.407 e. The number of likely N-dealkylation sites (tertiary alicyclic amines) is 1. The first-order valence-electron chi connectivity index (χ1n) is 15.2. The molecule has 4 N–H and O–H groups in total. The van der Waals surface area contributed by atoms with Crippen molar-refractivity contribution in [1.82, 2.24) is 15.3 Å². The number of hydrogen-bond acceptors (Lipinski definition) is 8. The Morgan fingerprint density at radius 3 is 2.64 bits per heavy atom. The predicted molar refractivity (Wildman–Crippen MR) is 172 cm³/mol. The Morgan fingerprint density at radius 2 is 1.91 bits per heavy atom. The van der Waals surface area contributed by atoms with E-state index >= 15 is 0 Å². The van der Waals surface area contributed by atoms with Gasteiger partial charge in [-0.25, -0.2) is 14.9 Å². The molecule has 1 fully saturated rings. The number of carbonyl (C=O) groups is 3. The van der Waals surface area contributed by atoms with Gasteiger partial charge in [0.05, 0.1) is 12.3 Å². The monoisotopic (exact) mass is 604 g/mol. The second-order valence-corrected chi connectivity index (χ2v) is 12.0. The summed E-state index contributed by atoms with van der Waals surface area (Å²) < 4.78 is 5.23. The Morgan fingerprint density at radius 1 is 1.14 bits per heavy atom. The Hall–Kier alpha value is -4.38. The van der Waals surface area contributed by atoms with Crippen LogP contribution in [0.3, 0.4) is 0 Å². The van der Waals surface area contributed by atoms with Crippen molar-refractivity contribution < 1.29 is 24.0 Å². The van der Waals surface area contributed by atoms with Gasteiger partial charge in [-0.2, -0.15) is 0 Å². The highest BCUT2D eigenvalue weighted by Gasteiger charge is 2.26. The highest BCUT2D eigenvalue weighted by molar-refractivity contribution is 6.05. The lowest BCUT2D eigenvalue weighted by atomic mass is 10.0. The number of ether oxygens (including phenoxy) is 1. The second-order valence-electron chi connectivity index (χ2n) is 12.0. The summed E-state index contributed by atoms with van der Waals surface area (Å²) in [6, 6.07) is 15.5. The van der Waals surface area contributed by atoms with Crippen LogP contribution in [0.2, 0.25) is 0 Å². The molecule has 2 heterocycles. The highest BCUT2D eigenvalue weighted by Crippen LogP contribution is 2.29. The van der Waals surface area contributed by atoms with Gasteiger partial charge in [-0.3, -0.25) is 14.4 Å². The third-order valence-electron chi connectivity index (χ3n) is 7.04. The Balaban J connectivity index is 1.41. The Bertz CT molecular complexity index is 1380. The van der Waals surface area contributed by atoms with Gasteiger partial charge in [0.15, 0.2) is 0 Å². The minimum atomic E-state index is -0.608. The zero-order valence-corrected chi connectivity index (χ0v) is 26.1. The molecule has 3 amide bonds. The number of amides is 3. The third kappa shape index (κ3) is 9.31. The molecule has 4 rings (SSSR count). The molecule has 0 unspecified atom stereocenters. The summed E-state index contributed by atoms with van der Waals surface area (Å²) in [5.74, 6) is -0.130. The summed E-state index contributed by atoms with van der Waals surface area (Å²) >= 11 is 0. The SMILES string of the molecule is CCCN(OCCNC(=O)OC(C)(C)C)C(=O)C1=Cc2ccc(C(=O)N3CCC[C@@H](Nc4ccccc4)C3)cc2N=C(N)C1. The summed E-state index contributed by atoms with van der Waals surface area (Å²) in [6.07, 6.45) is 3.90. The van der Waals surface area contributed by atoms with E-state index in [9.17, 15) is 14.4 Å². The van der Waals surface area contributed by atoms with Crippen LogP contribution in [0.5, 0.6) is 0 Å². The largest absolute Gasteiger partial charge is 0.444 e. The number of hydrogen-bond donors (Lipinski definition) is 3. The zero-order valence-electron chi connectivity index (χ0n) is 26.1. The number of anilines is 1. The number of benzene rings is 2. The van der Waals surface area contributed by atoms with Gasteiger partial charge in [0.1, 0.15) is 11.4 Å². The van der Waals surface area contributed by atoms with Crippen LogP contribution in [0.4, 0.5) is 16.2 Å². The van der Waals surface area contributed by atoms with Crippen LogP contribution in [-0.2, 0) is 14.4 Å². The van der Waals surface area contributed by atoms with Gasteiger partial charge in [-0.15, -0.1) is 0 Å². The van der Waals surface area contributed by atoms with E-state index in [4.69, 9.17) is 15.3 Å². The number of nitrogens with two attached hydrogens (primary N) is 1. The average Bonchev–Trinajstić information content (AvgIpc) is 3.15. The van der Waals surface area contributed by atoms with Crippen molar-refractivity contribution in [3.05, 3.63) is 65.2 Å². The van der Waals surface area contributed by atoms with Gasteiger partial charge < -0.3 is 26.0 Å². The topological polar surface area (TPSA) is 139 Å². The number of para-hydroxylation sites is 1. The van der Waals surface area contributed by atoms with Crippen LogP contribution in [0, 0.1) is 0 Å². The molecule has 0 saturated carbocycles. The maximum atomic E-state index is 13.5. The minimum absolute atomic E-state index is 0.0619. The van der Waals surface area contributed by atoms with E-state index in [1.54, 1.807) is 45.0 Å². The first-order chi connectivity index (χ1) is 21.0. The van der Waals surface area contributed by atoms with Crippen molar-refractivity contribution >= 4 is 41.2 Å². The summed E-state index contributed by atoms with van der Waals surface area (Å²) in [4.78, 5) is 51.1. The quantitative estimate of drug-likeness (QED) is 0.260. The fraction of sp³-hybridized carbons (Fsp3) is 0.455. The van der Waals surface area contributed by atoms with Crippen molar-refractivity contribution in [1.29, 1.82) is 0 Å². The van der Waals surface area contributed by atoms with E-state index in [1.807, 2.05) is 42.2 Å². The standard InChI is InChI=1S/C33H44N6O5/c1-5-16-39(43-18-15-35-32(42)44-33(2,3)4)31(41)25-19-23-13-14-24(20-28(23)37-29(34)21-25)30(40)38-17-9-12-27(22-38)36-26-10-7-6-8-11-26/h6-8,10-11,13-14,19-20,27,36H,5,9,12,15-18,21-22H2,1-4H3,(H2,34,37)(H,35,42)/t27-/m1/s1. The van der Waals surface area contributed by atoms with Crippen molar-refractivity contribution in [2.24, 2.45) is 10.7 Å². The van der Waals surface area contributed by atoms with E-state index in [0.717, 1.165) is 18.5 Å². The van der Waals surface area contributed by atoms with E-state index in [2.05, 4.69) is 15.6 Å². The van der Waals surface area contributed by atoms with E-state index < -0.39 is 11.7 Å². The number of nitrogens with zero attached hydrogens (tertiary/aromatic N) is 3. The van der Waals surface area contributed by atoms with E-state index in [0.29, 0.717) is 48.4 Å². The number of nitrogens with one attached hydrogen (secondary N) is 2. The molecule has 0 bridgehead atoms. The van der Waals surface area contributed by atoms with E-state index in [1.165, 1.54) is 5.06 Å². The molecule has 44 heavy (non-hydrogen) atoms. The molecule has 2 aliphatic rings. The van der Waals surface area contributed by atoms with Crippen LogP contribution in [0.1, 0.15) is 69.3 Å². The summed E-state index contributed by atoms with van der Waals surface area (Å²) in [6.45, 7) is 9.20. The highest BCUT2D eigenvalue weighted by atomic mass is 16.7. The number of piperidine rings is 1. The zero-order chi connectivity index (χ0) is 31.7. The first kappa shape index (κ1) is 32.5. The number of hydroxylamine groups is 2. The van der Waals surface area contributed by atoms with E-state index in [-0.39, 0.29) is 43.3 Å². The number of rotatable bonds is 10. The normalized spacial score (nSPS) is 16.5. The van der Waals surface area contributed by atoms with Crippen LogP contribution in [0.15, 0.2) is 59.1 Å². The van der Waals surface area contributed by atoms with Crippen molar-refractivity contribution in [3.8, 4) is 0 Å². The van der Waals surface area contributed by atoms with Crippen molar-refractivity contribution in [2.45, 2.75) is 65.0 Å². The molecule has 1 saturated heterocycles. The van der Waals surface area contributed by atoms with Crippen LogP contribution >= 0.6 is 0 Å². The molecule has 0 aromatic heterocycles. The van der Waals surface area contributed by atoms with Gasteiger partial charge >= 0.3 is 6.09 Å².